The van der Waals surface area contributed by atoms with E-state index in [1.165, 1.54) is 12.7 Å². The zero-order valence-corrected chi connectivity index (χ0v) is 16.2. The highest BCUT2D eigenvalue weighted by molar-refractivity contribution is 6.05. The van der Waals surface area contributed by atoms with E-state index in [1.54, 1.807) is 42.6 Å². The van der Waals surface area contributed by atoms with Gasteiger partial charge in [-0.05, 0) is 48.7 Å². The average Bonchev–Trinajstić information content (AvgIpc) is 2.77. The minimum absolute atomic E-state index is 0.276. The lowest BCUT2D eigenvalue weighted by Gasteiger charge is -2.09. The third kappa shape index (κ3) is 5.90. The highest BCUT2D eigenvalue weighted by atomic mass is 16.5. The van der Waals surface area contributed by atoms with Crippen molar-refractivity contribution >= 4 is 23.4 Å². The van der Waals surface area contributed by atoms with Crippen LogP contribution in [-0.4, -0.2) is 30.5 Å². The summed E-state index contributed by atoms with van der Waals surface area (Å²) in [5.74, 6) is -0.0808. The number of aromatic nitrogens is 1. The molecule has 0 aliphatic rings. The average molecular weight is 389 g/mol. The molecule has 0 bridgehead atoms. The van der Waals surface area contributed by atoms with Gasteiger partial charge in [0, 0.05) is 24.0 Å². The molecule has 148 valence electrons. The number of nitrogens with zero attached hydrogens (tertiary/aromatic N) is 1. The molecule has 3 aromatic rings. The maximum absolute atomic E-state index is 12.5. The fourth-order valence-electron chi connectivity index (χ4n) is 2.87. The molecule has 29 heavy (non-hydrogen) atoms. The summed E-state index contributed by atoms with van der Waals surface area (Å²) in [6, 6.07) is 20.3. The molecule has 2 aromatic carbocycles. The minimum atomic E-state index is -0.452. The lowest BCUT2D eigenvalue weighted by molar-refractivity contribution is 0.0600. The maximum Gasteiger partial charge on any atom is 0.337 e. The molecule has 0 aliphatic carbocycles. The van der Waals surface area contributed by atoms with Crippen LogP contribution in [0.4, 0.5) is 11.5 Å². The zero-order valence-electron chi connectivity index (χ0n) is 16.2. The monoisotopic (exact) mass is 389 g/mol. The lowest BCUT2D eigenvalue weighted by atomic mass is 10.1. The number of carbonyl (C=O) groups is 2. The number of carbonyl (C=O) groups excluding carboxylic acids is 2. The van der Waals surface area contributed by atoms with Crippen molar-refractivity contribution in [3.8, 4) is 0 Å². The van der Waals surface area contributed by atoms with Gasteiger partial charge < -0.3 is 15.4 Å². The summed E-state index contributed by atoms with van der Waals surface area (Å²) in [6.07, 6.45) is 3.53. The van der Waals surface area contributed by atoms with Crippen molar-refractivity contribution in [1.82, 2.24) is 4.98 Å². The number of methoxy groups -OCH3 is 1. The molecule has 0 spiro atoms. The highest BCUT2D eigenvalue weighted by Gasteiger charge is 2.10. The number of rotatable bonds is 8. The van der Waals surface area contributed by atoms with Crippen LogP contribution in [0.2, 0.25) is 0 Å². The molecule has 6 heteroatoms. The largest absolute Gasteiger partial charge is 0.465 e. The van der Waals surface area contributed by atoms with Crippen LogP contribution in [0, 0.1) is 0 Å². The standard InChI is InChI=1S/C23H23N3O3/c1-29-23(28)19-10-5-11-20(15-19)26-22(27)18-12-14-25-21(16-18)24-13-6-9-17-7-3-2-4-8-17/h2-5,7-8,10-12,14-16H,6,9,13H2,1H3,(H,24,25)(H,26,27). The highest BCUT2D eigenvalue weighted by Crippen LogP contribution is 2.14. The van der Waals surface area contributed by atoms with Gasteiger partial charge in [0.2, 0.25) is 0 Å². The number of pyridine rings is 1. The van der Waals surface area contributed by atoms with E-state index in [-0.39, 0.29) is 5.91 Å². The maximum atomic E-state index is 12.5. The number of benzene rings is 2. The Morgan fingerprint density at radius 2 is 1.79 bits per heavy atom. The van der Waals surface area contributed by atoms with E-state index in [9.17, 15) is 9.59 Å². The number of amides is 1. The van der Waals surface area contributed by atoms with Gasteiger partial charge in [0.05, 0.1) is 12.7 Å². The van der Waals surface area contributed by atoms with Crippen LogP contribution >= 0.6 is 0 Å². The summed E-state index contributed by atoms with van der Waals surface area (Å²) >= 11 is 0. The van der Waals surface area contributed by atoms with Gasteiger partial charge in [-0.15, -0.1) is 0 Å². The molecule has 3 rings (SSSR count). The van der Waals surface area contributed by atoms with Crippen LogP contribution < -0.4 is 10.6 Å². The second-order valence-electron chi connectivity index (χ2n) is 6.47. The molecule has 0 saturated carbocycles. The van der Waals surface area contributed by atoms with E-state index in [1.807, 2.05) is 18.2 Å². The number of hydrogen-bond donors (Lipinski definition) is 2. The SMILES string of the molecule is COC(=O)c1cccc(NC(=O)c2ccnc(NCCCc3ccccc3)c2)c1. The van der Waals surface area contributed by atoms with Crippen LogP contribution in [0.15, 0.2) is 72.9 Å². The molecule has 1 aromatic heterocycles. The molecule has 1 heterocycles. The van der Waals surface area contributed by atoms with Crippen LogP contribution in [-0.2, 0) is 11.2 Å². The molecule has 0 unspecified atom stereocenters. The first-order chi connectivity index (χ1) is 14.2. The first kappa shape index (κ1) is 20.1. The van der Waals surface area contributed by atoms with E-state index >= 15 is 0 Å². The van der Waals surface area contributed by atoms with Gasteiger partial charge in [-0.25, -0.2) is 9.78 Å². The van der Waals surface area contributed by atoms with Crippen molar-refractivity contribution < 1.29 is 14.3 Å². The van der Waals surface area contributed by atoms with E-state index in [4.69, 9.17) is 4.74 Å². The lowest BCUT2D eigenvalue weighted by Crippen LogP contribution is -2.13. The first-order valence-corrected chi connectivity index (χ1v) is 9.39. The van der Waals surface area contributed by atoms with Gasteiger partial charge in [-0.1, -0.05) is 36.4 Å². The summed E-state index contributed by atoms with van der Waals surface area (Å²) in [6.45, 7) is 0.758. The van der Waals surface area contributed by atoms with Crippen LogP contribution in [0.3, 0.4) is 0 Å². The third-order valence-corrected chi connectivity index (χ3v) is 4.35. The Morgan fingerprint density at radius 3 is 2.59 bits per heavy atom. The smallest absolute Gasteiger partial charge is 0.337 e. The van der Waals surface area contributed by atoms with Crippen molar-refractivity contribution in [3.63, 3.8) is 0 Å². The fourth-order valence-corrected chi connectivity index (χ4v) is 2.87. The van der Waals surface area contributed by atoms with E-state index in [0.29, 0.717) is 22.6 Å². The van der Waals surface area contributed by atoms with Crippen molar-refractivity contribution in [2.45, 2.75) is 12.8 Å². The molecule has 0 fully saturated rings. The number of hydrogen-bond acceptors (Lipinski definition) is 5. The summed E-state index contributed by atoms with van der Waals surface area (Å²) in [4.78, 5) is 28.4. The molecular formula is C23H23N3O3. The Balaban J connectivity index is 1.56. The predicted octanol–water partition coefficient (Wildman–Crippen LogP) is 4.17. The van der Waals surface area contributed by atoms with Crippen LogP contribution in [0.1, 0.15) is 32.7 Å². The zero-order chi connectivity index (χ0) is 20.5. The van der Waals surface area contributed by atoms with E-state index in [2.05, 4.69) is 27.8 Å². The summed E-state index contributed by atoms with van der Waals surface area (Å²) in [7, 11) is 1.32. The minimum Gasteiger partial charge on any atom is -0.465 e. The van der Waals surface area contributed by atoms with E-state index in [0.717, 1.165) is 19.4 Å². The number of ether oxygens (including phenoxy) is 1. The third-order valence-electron chi connectivity index (χ3n) is 4.35. The second-order valence-corrected chi connectivity index (χ2v) is 6.47. The van der Waals surface area contributed by atoms with Crippen molar-refractivity contribution in [3.05, 3.63) is 89.6 Å². The number of esters is 1. The van der Waals surface area contributed by atoms with Crippen molar-refractivity contribution in [1.29, 1.82) is 0 Å². The molecule has 0 saturated heterocycles. The Kier molecular flexibility index (Phi) is 6.95. The molecule has 1 amide bonds. The Labute approximate surface area is 169 Å². The van der Waals surface area contributed by atoms with Gasteiger partial charge >= 0.3 is 5.97 Å². The second kappa shape index (κ2) is 10.0. The fraction of sp³-hybridized carbons (Fsp3) is 0.174. The Morgan fingerprint density at radius 1 is 0.966 bits per heavy atom. The molecule has 0 aliphatic heterocycles. The van der Waals surface area contributed by atoms with Crippen molar-refractivity contribution in [2.75, 3.05) is 24.3 Å². The normalized spacial score (nSPS) is 10.2. The summed E-state index contributed by atoms with van der Waals surface area (Å²) in [5, 5.41) is 6.04. The summed E-state index contributed by atoms with van der Waals surface area (Å²) in [5.41, 5.74) is 2.67. The quantitative estimate of drug-likeness (QED) is 0.447. The number of anilines is 2. The van der Waals surface area contributed by atoms with Gasteiger partial charge in [-0.2, -0.15) is 0 Å². The van der Waals surface area contributed by atoms with Gasteiger partial charge in [0.25, 0.3) is 5.91 Å². The Bertz CT molecular complexity index is 974. The first-order valence-electron chi connectivity index (χ1n) is 9.39. The molecular weight excluding hydrogens is 366 g/mol. The molecule has 2 N–H and O–H groups in total. The van der Waals surface area contributed by atoms with E-state index < -0.39 is 5.97 Å². The molecule has 0 atom stereocenters. The molecule has 0 radical (unpaired) electrons. The number of aryl methyl sites for hydroxylation is 1. The predicted molar refractivity (Wildman–Crippen MR) is 113 cm³/mol. The van der Waals surface area contributed by atoms with Crippen molar-refractivity contribution in [2.24, 2.45) is 0 Å². The van der Waals surface area contributed by atoms with Gasteiger partial charge in [0.1, 0.15) is 5.82 Å². The van der Waals surface area contributed by atoms with Crippen LogP contribution in [0.5, 0.6) is 0 Å². The van der Waals surface area contributed by atoms with Gasteiger partial charge in [-0.3, -0.25) is 4.79 Å². The number of nitrogens with one attached hydrogen (secondary N) is 2. The Hall–Kier alpha value is -3.67. The molecule has 6 nitrogen and oxygen atoms in total. The van der Waals surface area contributed by atoms with Gasteiger partial charge in [0.15, 0.2) is 0 Å². The topological polar surface area (TPSA) is 80.3 Å². The summed E-state index contributed by atoms with van der Waals surface area (Å²) < 4.78 is 4.70. The van der Waals surface area contributed by atoms with Crippen LogP contribution in [0.25, 0.3) is 0 Å².